The summed E-state index contributed by atoms with van der Waals surface area (Å²) < 4.78 is 35.4. The van der Waals surface area contributed by atoms with E-state index in [9.17, 15) is 13.6 Å². The van der Waals surface area contributed by atoms with Crippen molar-refractivity contribution in [3.05, 3.63) is 65.7 Å². The molecule has 0 atom stereocenters. The molecule has 1 aromatic carbocycles. The highest BCUT2D eigenvalue weighted by Gasteiger charge is 2.22. The molecule has 0 radical (unpaired) electrons. The van der Waals surface area contributed by atoms with Gasteiger partial charge in [-0.15, -0.1) is 0 Å². The third-order valence-corrected chi connectivity index (χ3v) is 4.70. The van der Waals surface area contributed by atoms with Gasteiger partial charge in [0.2, 0.25) is 0 Å². The molecule has 3 aromatic heterocycles. The van der Waals surface area contributed by atoms with Crippen molar-refractivity contribution in [2.24, 2.45) is 7.05 Å². The van der Waals surface area contributed by atoms with Crippen LogP contribution in [-0.2, 0) is 13.6 Å². The number of fused-ring (bicyclic) bond motifs is 1. The van der Waals surface area contributed by atoms with Crippen LogP contribution in [0.1, 0.15) is 28.2 Å². The fourth-order valence-corrected chi connectivity index (χ4v) is 3.14. The molecule has 1 N–H and O–H groups in total. The molecule has 0 fully saturated rings. The van der Waals surface area contributed by atoms with E-state index in [2.05, 4.69) is 20.5 Å². The molecule has 0 saturated heterocycles. The second kappa shape index (κ2) is 7.90. The molecule has 30 heavy (non-hydrogen) atoms. The highest BCUT2D eigenvalue weighted by molar-refractivity contribution is 5.99. The van der Waals surface area contributed by atoms with E-state index in [1.807, 2.05) is 0 Å². The Kier molecular flexibility index (Phi) is 5.13. The highest BCUT2D eigenvalue weighted by Crippen LogP contribution is 2.32. The van der Waals surface area contributed by atoms with Crippen LogP contribution in [0.25, 0.3) is 16.9 Å². The maximum absolute atomic E-state index is 13.7. The van der Waals surface area contributed by atoms with Gasteiger partial charge in [-0.3, -0.25) is 9.48 Å². The fourth-order valence-electron chi connectivity index (χ4n) is 3.14. The minimum atomic E-state index is -2.81. The van der Waals surface area contributed by atoms with Gasteiger partial charge in [0.15, 0.2) is 5.65 Å². The molecule has 0 aliphatic rings. The molecule has 3 heterocycles. The van der Waals surface area contributed by atoms with E-state index in [0.29, 0.717) is 11.3 Å². The summed E-state index contributed by atoms with van der Waals surface area (Å²) in [6, 6.07) is 9.96. The zero-order valence-electron chi connectivity index (χ0n) is 16.2. The quantitative estimate of drug-likeness (QED) is 0.526. The molecule has 154 valence electrons. The van der Waals surface area contributed by atoms with E-state index in [0.717, 1.165) is 10.2 Å². The summed E-state index contributed by atoms with van der Waals surface area (Å²) >= 11 is 0. The number of hydrogen-bond donors (Lipinski definition) is 1. The average Bonchev–Trinajstić information content (AvgIpc) is 3.37. The number of hydrogen-bond acceptors (Lipinski definition) is 5. The van der Waals surface area contributed by atoms with Gasteiger partial charge in [-0.2, -0.15) is 10.2 Å². The molecule has 1 amide bonds. The van der Waals surface area contributed by atoms with E-state index in [4.69, 9.17) is 4.74 Å². The molecule has 0 aliphatic heterocycles. The molecule has 0 spiro atoms. The summed E-state index contributed by atoms with van der Waals surface area (Å²) in [6.45, 7) is 0.223. The zero-order valence-corrected chi connectivity index (χ0v) is 16.2. The van der Waals surface area contributed by atoms with E-state index in [1.165, 1.54) is 19.4 Å². The Morgan fingerprint density at radius 1 is 1.23 bits per heavy atom. The fraction of sp³-hybridized carbons (Fsp3) is 0.200. The van der Waals surface area contributed by atoms with E-state index >= 15 is 0 Å². The van der Waals surface area contributed by atoms with Crippen molar-refractivity contribution in [3.63, 3.8) is 0 Å². The van der Waals surface area contributed by atoms with Crippen LogP contribution in [0.4, 0.5) is 8.78 Å². The number of rotatable bonds is 6. The van der Waals surface area contributed by atoms with Crippen molar-refractivity contribution in [2.45, 2.75) is 13.0 Å². The zero-order chi connectivity index (χ0) is 21.3. The van der Waals surface area contributed by atoms with E-state index in [-0.39, 0.29) is 29.1 Å². The van der Waals surface area contributed by atoms with Crippen molar-refractivity contribution in [1.82, 2.24) is 29.7 Å². The normalized spacial score (nSPS) is 11.2. The number of ether oxygens (including phenoxy) is 1. The smallest absolute Gasteiger partial charge is 0.280 e. The van der Waals surface area contributed by atoms with Crippen LogP contribution in [0, 0.1) is 0 Å². The summed E-state index contributed by atoms with van der Waals surface area (Å²) in [7, 11) is 3.24. The van der Waals surface area contributed by atoms with Crippen LogP contribution in [0.3, 0.4) is 0 Å². The van der Waals surface area contributed by atoms with Gasteiger partial charge in [0.05, 0.1) is 31.2 Å². The number of halogens is 2. The second-order valence-corrected chi connectivity index (χ2v) is 6.49. The summed E-state index contributed by atoms with van der Waals surface area (Å²) in [5, 5.41) is 10.8. The Morgan fingerprint density at radius 2 is 2.03 bits per heavy atom. The third kappa shape index (κ3) is 3.47. The number of amides is 1. The van der Waals surface area contributed by atoms with Crippen LogP contribution in [0.5, 0.6) is 5.75 Å². The highest BCUT2D eigenvalue weighted by atomic mass is 19.3. The molecular formula is C20H18F2N6O2. The maximum Gasteiger partial charge on any atom is 0.280 e. The number of nitrogens with zero attached hydrogens (tertiary/aromatic N) is 5. The topological polar surface area (TPSA) is 86.3 Å². The molecule has 0 unspecified atom stereocenters. The Bertz CT molecular complexity index is 1220. The second-order valence-electron chi connectivity index (χ2n) is 6.49. The summed E-state index contributed by atoms with van der Waals surface area (Å²) in [6.07, 6.45) is 0.0419. The summed E-state index contributed by atoms with van der Waals surface area (Å²) in [5.41, 5.74) is 1.35. The molecule has 0 saturated carbocycles. The van der Waals surface area contributed by atoms with Crippen molar-refractivity contribution >= 4 is 11.6 Å². The Morgan fingerprint density at radius 3 is 2.73 bits per heavy atom. The summed E-state index contributed by atoms with van der Waals surface area (Å²) in [5.74, 6) is 0.00684. The van der Waals surface area contributed by atoms with E-state index < -0.39 is 12.3 Å². The molecule has 0 aliphatic carbocycles. The lowest BCUT2D eigenvalue weighted by Gasteiger charge is -2.11. The molecule has 4 rings (SSSR count). The standard InChI is InChI=1S/C20H18F2N6O2/c1-27-12(7-8-24-27)10-23-20(29)14-11-25-28-16(18(21)22)9-15(26-19(14)28)13-5-3-4-6-17(13)30-2/h3-9,11,18H,10H2,1-2H3,(H,23,29). The number of aryl methyl sites for hydroxylation is 1. The van der Waals surface area contributed by atoms with Crippen LogP contribution in [-0.4, -0.2) is 37.4 Å². The third-order valence-electron chi connectivity index (χ3n) is 4.70. The maximum atomic E-state index is 13.7. The minimum absolute atomic E-state index is 0.0382. The van der Waals surface area contributed by atoms with Crippen LogP contribution < -0.4 is 10.1 Å². The Balaban J connectivity index is 1.77. The first-order chi connectivity index (χ1) is 14.5. The number of aromatic nitrogens is 5. The lowest BCUT2D eigenvalue weighted by molar-refractivity contribution is 0.0951. The van der Waals surface area contributed by atoms with Crippen molar-refractivity contribution in [1.29, 1.82) is 0 Å². The first-order valence-corrected chi connectivity index (χ1v) is 9.05. The molecular weight excluding hydrogens is 394 g/mol. The van der Waals surface area contributed by atoms with Crippen molar-refractivity contribution in [2.75, 3.05) is 7.11 Å². The number of methoxy groups -OCH3 is 1. The van der Waals surface area contributed by atoms with Gasteiger partial charge in [0, 0.05) is 18.8 Å². The van der Waals surface area contributed by atoms with Crippen molar-refractivity contribution < 1.29 is 18.3 Å². The van der Waals surface area contributed by atoms with Gasteiger partial charge in [0.25, 0.3) is 12.3 Å². The van der Waals surface area contributed by atoms with Gasteiger partial charge in [-0.05, 0) is 24.3 Å². The largest absolute Gasteiger partial charge is 0.496 e. The molecule has 10 heteroatoms. The number of carbonyl (C=O) groups excluding carboxylic acids is 1. The minimum Gasteiger partial charge on any atom is -0.496 e. The summed E-state index contributed by atoms with van der Waals surface area (Å²) in [4.78, 5) is 17.2. The monoisotopic (exact) mass is 412 g/mol. The first kappa shape index (κ1) is 19.5. The lowest BCUT2D eigenvalue weighted by Crippen LogP contribution is -2.24. The molecule has 8 nitrogen and oxygen atoms in total. The average molecular weight is 412 g/mol. The molecule has 4 aromatic rings. The number of para-hydroxylation sites is 1. The lowest BCUT2D eigenvalue weighted by atomic mass is 10.1. The van der Waals surface area contributed by atoms with Gasteiger partial charge in [-0.25, -0.2) is 18.3 Å². The van der Waals surface area contributed by atoms with Crippen LogP contribution >= 0.6 is 0 Å². The SMILES string of the molecule is COc1ccccc1-c1cc(C(F)F)n2ncc(C(=O)NCc3ccnn3C)c2n1. The Hall–Kier alpha value is -3.82. The van der Waals surface area contributed by atoms with Gasteiger partial charge in [-0.1, -0.05) is 12.1 Å². The van der Waals surface area contributed by atoms with Crippen LogP contribution in [0.2, 0.25) is 0 Å². The van der Waals surface area contributed by atoms with E-state index in [1.54, 1.807) is 48.3 Å². The predicted molar refractivity (Wildman–Crippen MR) is 104 cm³/mol. The number of nitrogens with one attached hydrogen (secondary N) is 1. The van der Waals surface area contributed by atoms with Gasteiger partial charge in [0.1, 0.15) is 17.0 Å². The van der Waals surface area contributed by atoms with Crippen LogP contribution in [0.15, 0.2) is 48.8 Å². The van der Waals surface area contributed by atoms with Gasteiger partial charge < -0.3 is 10.1 Å². The number of benzene rings is 1. The number of alkyl halides is 2. The predicted octanol–water partition coefficient (Wildman–Crippen LogP) is 3.01. The Labute approximate surface area is 170 Å². The number of carbonyl (C=O) groups is 1. The first-order valence-electron chi connectivity index (χ1n) is 9.05. The van der Waals surface area contributed by atoms with Crippen molar-refractivity contribution in [3.8, 4) is 17.0 Å². The molecule has 0 bridgehead atoms. The van der Waals surface area contributed by atoms with Gasteiger partial charge >= 0.3 is 0 Å².